The van der Waals surface area contributed by atoms with Gasteiger partial charge in [-0.1, -0.05) is 29.3 Å². The van der Waals surface area contributed by atoms with E-state index in [1.807, 2.05) is 36.4 Å². The number of benzene rings is 3. The number of carbonyl (C=O) groups excluding carboxylic acids is 1. The zero-order valence-electron chi connectivity index (χ0n) is 24.1. The largest absolute Gasteiger partial charge is 0.493 e. The van der Waals surface area contributed by atoms with Gasteiger partial charge in [-0.15, -0.1) is 0 Å². The number of rotatable bonds is 9. The lowest BCUT2D eigenvalue weighted by Crippen LogP contribution is -2.42. The predicted octanol–water partition coefficient (Wildman–Crippen LogP) is 7.12. The van der Waals surface area contributed by atoms with Gasteiger partial charge in [0.15, 0.2) is 11.5 Å². The molecule has 4 aromatic rings. The summed E-state index contributed by atoms with van der Waals surface area (Å²) in [5.41, 5.74) is 3.91. The van der Waals surface area contributed by atoms with E-state index >= 15 is 0 Å². The van der Waals surface area contributed by atoms with E-state index in [0.717, 1.165) is 73.4 Å². The van der Waals surface area contributed by atoms with Crippen molar-refractivity contribution in [2.24, 2.45) is 0 Å². The van der Waals surface area contributed by atoms with Gasteiger partial charge in [-0.3, -0.25) is 9.80 Å². The molecule has 6 rings (SSSR count). The number of aromatic nitrogens is 1. The monoisotopic (exact) mass is 623 g/mol. The number of halogens is 2. The van der Waals surface area contributed by atoms with Crippen LogP contribution in [0, 0.1) is 0 Å². The molecule has 2 aliphatic heterocycles. The first kappa shape index (κ1) is 29.6. The molecule has 1 unspecified atom stereocenters. The van der Waals surface area contributed by atoms with Gasteiger partial charge >= 0.3 is 6.09 Å². The highest BCUT2D eigenvalue weighted by Crippen LogP contribution is 2.42. The molecule has 1 saturated heterocycles. The number of hydrogen-bond acceptors (Lipinski definition) is 6. The van der Waals surface area contributed by atoms with Crippen LogP contribution in [-0.2, 0) is 11.2 Å². The summed E-state index contributed by atoms with van der Waals surface area (Å²) in [4.78, 5) is 21.4. The molecule has 226 valence electrons. The summed E-state index contributed by atoms with van der Waals surface area (Å²) in [6.07, 6.45) is 2.20. The van der Waals surface area contributed by atoms with Crippen molar-refractivity contribution in [2.75, 3.05) is 53.1 Å². The minimum Gasteiger partial charge on any atom is -0.493 e. The van der Waals surface area contributed by atoms with Crippen molar-refractivity contribution in [3.63, 3.8) is 0 Å². The van der Waals surface area contributed by atoms with E-state index in [4.69, 9.17) is 42.1 Å². The number of ether oxygens (including phenoxy) is 4. The molecule has 3 aromatic carbocycles. The van der Waals surface area contributed by atoms with Crippen LogP contribution in [0.3, 0.4) is 0 Å². The SMILES string of the molecule is COc1cc(C2c3[nH]c4ccc(Cl)cc4c3CCN2C(=O)Oc2ccc(Cl)cc2)ccc1OCCCCN1CCOCC1. The van der Waals surface area contributed by atoms with E-state index in [1.54, 1.807) is 36.3 Å². The van der Waals surface area contributed by atoms with Gasteiger partial charge < -0.3 is 23.9 Å². The van der Waals surface area contributed by atoms with Crippen molar-refractivity contribution in [3.8, 4) is 17.2 Å². The maximum atomic E-state index is 13.6. The summed E-state index contributed by atoms with van der Waals surface area (Å²) in [5, 5.41) is 2.30. The van der Waals surface area contributed by atoms with Crippen LogP contribution in [0.25, 0.3) is 10.9 Å². The zero-order chi connectivity index (χ0) is 29.8. The molecule has 1 fully saturated rings. The van der Waals surface area contributed by atoms with Crippen molar-refractivity contribution in [1.29, 1.82) is 0 Å². The molecule has 0 spiro atoms. The molecule has 1 N–H and O–H groups in total. The topological polar surface area (TPSA) is 76.3 Å². The molecule has 43 heavy (non-hydrogen) atoms. The number of nitrogens with one attached hydrogen (secondary N) is 1. The Balaban J connectivity index is 1.24. The second-order valence-electron chi connectivity index (χ2n) is 10.8. The molecule has 1 amide bonds. The van der Waals surface area contributed by atoms with Gasteiger partial charge in [-0.05, 0) is 91.5 Å². The van der Waals surface area contributed by atoms with Crippen LogP contribution in [0.1, 0.15) is 35.7 Å². The Labute approximate surface area is 261 Å². The fourth-order valence-electron chi connectivity index (χ4n) is 5.88. The van der Waals surface area contributed by atoms with Crippen LogP contribution < -0.4 is 14.2 Å². The normalized spacial score (nSPS) is 17.1. The number of amides is 1. The van der Waals surface area contributed by atoms with Crippen molar-refractivity contribution in [3.05, 3.63) is 87.5 Å². The Kier molecular flexibility index (Phi) is 9.28. The summed E-state index contributed by atoms with van der Waals surface area (Å²) in [7, 11) is 1.63. The first-order chi connectivity index (χ1) is 21.0. The number of aromatic amines is 1. The van der Waals surface area contributed by atoms with Gasteiger partial charge in [-0.25, -0.2) is 4.79 Å². The number of H-pyrrole nitrogens is 1. The molecule has 0 saturated carbocycles. The number of fused-ring (bicyclic) bond motifs is 3. The Hall–Kier alpha value is -3.43. The van der Waals surface area contributed by atoms with E-state index in [2.05, 4.69) is 9.88 Å². The Morgan fingerprint density at radius 2 is 1.74 bits per heavy atom. The van der Waals surface area contributed by atoms with Crippen molar-refractivity contribution in [2.45, 2.75) is 25.3 Å². The molecule has 3 heterocycles. The minimum absolute atomic E-state index is 0.428. The van der Waals surface area contributed by atoms with Gasteiger partial charge in [0.25, 0.3) is 0 Å². The highest BCUT2D eigenvalue weighted by Gasteiger charge is 2.36. The molecule has 1 atom stereocenters. The standard InChI is InChI=1S/C33H35Cl2N3O5/c1-40-30-20-22(4-11-29(30)42-17-3-2-13-37-15-18-41-19-16-37)32-31-26(27-21-24(35)7-10-28(27)36-31)12-14-38(32)33(39)43-25-8-5-23(34)6-9-25/h4-11,20-21,32,36H,2-3,12-19H2,1H3. The quantitative estimate of drug-likeness (QED) is 0.200. The van der Waals surface area contributed by atoms with Gasteiger partial charge in [0.1, 0.15) is 11.8 Å². The average Bonchev–Trinajstić information content (AvgIpc) is 3.40. The summed E-state index contributed by atoms with van der Waals surface area (Å²) >= 11 is 12.4. The fourth-order valence-corrected chi connectivity index (χ4v) is 6.18. The number of unbranched alkanes of at least 4 members (excludes halogenated alkanes) is 1. The van der Waals surface area contributed by atoms with Crippen LogP contribution >= 0.6 is 23.2 Å². The van der Waals surface area contributed by atoms with Crippen LogP contribution in [0.15, 0.2) is 60.7 Å². The molecular weight excluding hydrogens is 589 g/mol. The number of carbonyl (C=O) groups is 1. The number of morpholine rings is 1. The molecule has 1 aromatic heterocycles. The van der Waals surface area contributed by atoms with Crippen molar-refractivity contribution in [1.82, 2.24) is 14.8 Å². The highest BCUT2D eigenvalue weighted by atomic mass is 35.5. The Bertz CT molecular complexity index is 1570. The maximum Gasteiger partial charge on any atom is 0.416 e. The van der Waals surface area contributed by atoms with Gasteiger partial charge in [0.05, 0.1) is 26.9 Å². The number of nitrogens with zero attached hydrogens (tertiary/aromatic N) is 2. The first-order valence-corrected chi connectivity index (χ1v) is 15.4. The van der Waals surface area contributed by atoms with Gasteiger partial charge in [-0.2, -0.15) is 0 Å². The summed E-state index contributed by atoms with van der Waals surface area (Å²) < 4.78 is 23.1. The second-order valence-corrected chi connectivity index (χ2v) is 11.7. The maximum absolute atomic E-state index is 13.6. The van der Waals surface area contributed by atoms with Crippen molar-refractivity contribution < 1.29 is 23.7 Å². The Morgan fingerprint density at radius 1 is 0.953 bits per heavy atom. The third kappa shape index (κ3) is 6.73. The average molecular weight is 625 g/mol. The summed E-state index contributed by atoms with van der Waals surface area (Å²) in [6.45, 7) is 5.71. The molecule has 8 nitrogen and oxygen atoms in total. The van der Waals surface area contributed by atoms with Crippen LogP contribution in [-0.4, -0.2) is 74.0 Å². The highest BCUT2D eigenvalue weighted by molar-refractivity contribution is 6.31. The minimum atomic E-state index is -0.450. The van der Waals surface area contributed by atoms with E-state index in [1.165, 1.54) is 0 Å². The summed E-state index contributed by atoms with van der Waals surface area (Å²) in [6, 6.07) is 18.0. The molecule has 2 aliphatic rings. The smallest absolute Gasteiger partial charge is 0.416 e. The van der Waals surface area contributed by atoms with Gasteiger partial charge in [0, 0.05) is 46.3 Å². The number of hydrogen-bond donors (Lipinski definition) is 1. The van der Waals surface area contributed by atoms with Crippen molar-refractivity contribution >= 4 is 40.2 Å². The van der Waals surface area contributed by atoms with E-state index < -0.39 is 12.1 Å². The van der Waals surface area contributed by atoms with E-state index in [9.17, 15) is 4.79 Å². The summed E-state index contributed by atoms with van der Waals surface area (Å²) in [5.74, 6) is 1.72. The number of methoxy groups -OCH3 is 1. The van der Waals surface area contributed by atoms with Crippen LogP contribution in [0.5, 0.6) is 17.2 Å². The Morgan fingerprint density at radius 3 is 2.53 bits per heavy atom. The third-order valence-corrected chi connectivity index (χ3v) is 8.56. The van der Waals surface area contributed by atoms with E-state index in [-0.39, 0.29) is 0 Å². The first-order valence-electron chi connectivity index (χ1n) is 14.6. The van der Waals surface area contributed by atoms with Crippen LogP contribution in [0.4, 0.5) is 4.79 Å². The molecule has 0 radical (unpaired) electrons. The lowest BCUT2D eigenvalue weighted by atomic mass is 9.92. The van der Waals surface area contributed by atoms with Crippen LogP contribution in [0.2, 0.25) is 10.0 Å². The third-order valence-electron chi connectivity index (χ3n) is 8.08. The molecule has 10 heteroatoms. The lowest BCUT2D eigenvalue weighted by Gasteiger charge is -2.35. The van der Waals surface area contributed by atoms with Gasteiger partial charge in [0.2, 0.25) is 0 Å². The second kappa shape index (κ2) is 13.5. The molecule has 0 aliphatic carbocycles. The predicted molar refractivity (Wildman–Crippen MR) is 168 cm³/mol. The zero-order valence-corrected chi connectivity index (χ0v) is 25.6. The van der Waals surface area contributed by atoms with E-state index in [0.29, 0.717) is 46.9 Å². The molecular formula is C33H35Cl2N3O5. The lowest BCUT2D eigenvalue weighted by molar-refractivity contribution is 0.0368. The molecule has 0 bridgehead atoms. The fraction of sp³-hybridized carbons (Fsp3) is 0.364.